The van der Waals surface area contributed by atoms with Gasteiger partial charge in [0.1, 0.15) is 5.65 Å². The smallest absolute Gasteiger partial charge is 0.399 e. The molecule has 0 spiro atoms. The lowest BCUT2D eigenvalue weighted by molar-refractivity contribution is 0.00578. The lowest BCUT2D eigenvalue weighted by Crippen LogP contribution is -2.41. The molecule has 0 aromatic carbocycles. The van der Waals surface area contributed by atoms with Gasteiger partial charge in [0.25, 0.3) is 5.91 Å². The predicted molar refractivity (Wildman–Crippen MR) is 151 cm³/mol. The van der Waals surface area contributed by atoms with Crippen LogP contribution in [-0.2, 0) is 22.9 Å². The minimum Gasteiger partial charge on any atom is -0.399 e. The third-order valence-corrected chi connectivity index (χ3v) is 8.28. The van der Waals surface area contributed by atoms with Gasteiger partial charge in [-0.15, -0.1) is 0 Å². The molecule has 0 unspecified atom stereocenters. The summed E-state index contributed by atoms with van der Waals surface area (Å²) in [6, 6.07) is 6.18. The first-order valence-corrected chi connectivity index (χ1v) is 13.3. The zero-order chi connectivity index (χ0) is 27.4. The third kappa shape index (κ3) is 4.68. The molecule has 0 aliphatic carbocycles. The summed E-state index contributed by atoms with van der Waals surface area (Å²) >= 11 is 0. The van der Waals surface area contributed by atoms with Gasteiger partial charge in [-0.2, -0.15) is 0 Å². The number of rotatable bonds is 5. The van der Waals surface area contributed by atoms with Crippen LogP contribution in [0, 0.1) is 6.92 Å². The lowest BCUT2D eigenvalue weighted by atomic mass is 9.78. The Labute approximate surface area is 225 Å². The molecule has 38 heavy (non-hydrogen) atoms. The number of aryl methyl sites for hydroxylation is 2. The molecule has 5 heterocycles. The van der Waals surface area contributed by atoms with Crippen molar-refractivity contribution in [3.05, 3.63) is 59.2 Å². The van der Waals surface area contributed by atoms with E-state index in [-0.39, 0.29) is 5.91 Å². The quantitative estimate of drug-likeness (QED) is 0.484. The molecule has 2 aliphatic heterocycles. The summed E-state index contributed by atoms with van der Waals surface area (Å²) < 4.78 is 14.9. The van der Waals surface area contributed by atoms with E-state index in [0.717, 1.165) is 53.8 Å². The summed E-state index contributed by atoms with van der Waals surface area (Å²) in [5.41, 5.74) is 6.27. The Morgan fingerprint density at radius 3 is 2.45 bits per heavy atom. The maximum atomic E-state index is 12.3. The van der Waals surface area contributed by atoms with Crippen molar-refractivity contribution < 1.29 is 14.1 Å². The molecule has 3 aromatic heterocycles. The number of amides is 1. The van der Waals surface area contributed by atoms with E-state index in [4.69, 9.17) is 9.31 Å². The molecular weight excluding hydrogens is 477 g/mol. The van der Waals surface area contributed by atoms with Crippen molar-refractivity contribution in [1.29, 1.82) is 0 Å². The summed E-state index contributed by atoms with van der Waals surface area (Å²) in [6.07, 6.45) is 6.71. The third-order valence-electron chi connectivity index (χ3n) is 8.28. The number of hydrogen-bond donors (Lipinski definition) is 0. The van der Waals surface area contributed by atoms with Gasteiger partial charge in [-0.3, -0.25) is 14.7 Å². The molecule has 0 saturated carbocycles. The van der Waals surface area contributed by atoms with Gasteiger partial charge in [0.15, 0.2) is 0 Å². The van der Waals surface area contributed by atoms with Gasteiger partial charge in [0, 0.05) is 64.3 Å². The normalized spacial score (nSPS) is 19.2. The average Bonchev–Trinajstić information content (AvgIpc) is 3.29. The highest BCUT2D eigenvalue weighted by molar-refractivity contribution is 6.65. The molecule has 0 N–H and O–H groups in total. The number of hydrogen-bond acceptors (Lipinski definition) is 6. The molecule has 0 radical (unpaired) electrons. The first-order valence-electron chi connectivity index (χ1n) is 13.3. The Morgan fingerprint density at radius 1 is 1.13 bits per heavy atom. The largest absolute Gasteiger partial charge is 0.495 e. The number of carbonyl (C=O) groups is 1. The van der Waals surface area contributed by atoms with Crippen molar-refractivity contribution in [3.8, 4) is 0 Å². The van der Waals surface area contributed by atoms with Crippen LogP contribution in [0.2, 0.25) is 0 Å². The van der Waals surface area contributed by atoms with Crippen molar-refractivity contribution >= 4 is 35.1 Å². The Hall–Kier alpha value is -3.01. The van der Waals surface area contributed by atoms with Gasteiger partial charge >= 0.3 is 7.12 Å². The molecule has 5 rings (SSSR count). The van der Waals surface area contributed by atoms with E-state index in [0.29, 0.717) is 5.56 Å². The van der Waals surface area contributed by atoms with Gasteiger partial charge in [0.2, 0.25) is 0 Å². The first kappa shape index (κ1) is 26.6. The molecule has 9 heteroatoms. The highest BCUT2D eigenvalue weighted by atomic mass is 16.7. The molecule has 2 aliphatic rings. The second kappa shape index (κ2) is 9.63. The molecule has 0 atom stereocenters. The fraction of sp³-hybridized carbons (Fsp3) is 0.483. The molecule has 8 nitrogen and oxygen atoms in total. The average molecular weight is 515 g/mol. The Kier molecular flexibility index (Phi) is 6.74. The maximum Gasteiger partial charge on any atom is 0.495 e. The highest BCUT2D eigenvalue weighted by Gasteiger charge is 2.52. The van der Waals surface area contributed by atoms with E-state index >= 15 is 0 Å². The molecule has 3 aromatic rings. The minimum absolute atomic E-state index is 0.0259. The van der Waals surface area contributed by atoms with Crippen molar-refractivity contribution in [3.63, 3.8) is 0 Å². The van der Waals surface area contributed by atoms with Crippen LogP contribution in [0.4, 0.5) is 0 Å². The number of nitrogens with zero attached hydrogens (tertiary/aromatic N) is 5. The van der Waals surface area contributed by atoms with Gasteiger partial charge in [0.05, 0.1) is 22.5 Å². The van der Waals surface area contributed by atoms with Gasteiger partial charge in [-0.05, 0) is 75.8 Å². The van der Waals surface area contributed by atoms with Crippen LogP contribution in [-0.4, -0.2) is 75.7 Å². The summed E-state index contributed by atoms with van der Waals surface area (Å²) in [5, 5.41) is 1.07. The van der Waals surface area contributed by atoms with Crippen LogP contribution in [0.1, 0.15) is 61.4 Å². The lowest BCUT2D eigenvalue weighted by Gasteiger charge is -2.32. The number of carbonyl (C=O) groups excluding carboxylic acids is 1. The van der Waals surface area contributed by atoms with Crippen LogP contribution in [0.25, 0.3) is 16.6 Å². The zero-order valence-electron chi connectivity index (χ0n) is 23.8. The van der Waals surface area contributed by atoms with E-state index in [1.807, 2.05) is 25.3 Å². The Balaban J connectivity index is 1.33. The molecule has 1 saturated heterocycles. The summed E-state index contributed by atoms with van der Waals surface area (Å²) in [4.78, 5) is 25.6. The van der Waals surface area contributed by atoms with Gasteiger partial charge in [-0.1, -0.05) is 6.08 Å². The van der Waals surface area contributed by atoms with E-state index in [1.165, 1.54) is 11.3 Å². The second-order valence-electron chi connectivity index (χ2n) is 11.7. The molecule has 0 bridgehead atoms. The van der Waals surface area contributed by atoms with Gasteiger partial charge < -0.3 is 18.8 Å². The van der Waals surface area contributed by atoms with Crippen LogP contribution in [0.3, 0.4) is 0 Å². The van der Waals surface area contributed by atoms with Crippen LogP contribution >= 0.6 is 0 Å². The fourth-order valence-corrected chi connectivity index (χ4v) is 5.20. The van der Waals surface area contributed by atoms with Crippen molar-refractivity contribution in [2.45, 2.75) is 58.8 Å². The van der Waals surface area contributed by atoms with Crippen LogP contribution in [0.15, 0.2) is 36.7 Å². The van der Waals surface area contributed by atoms with Crippen molar-refractivity contribution in [1.82, 2.24) is 24.3 Å². The number of aromatic nitrogens is 3. The topological polar surface area (TPSA) is 72.7 Å². The fourth-order valence-electron chi connectivity index (χ4n) is 5.20. The summed E-state index contributed by atoms with van der Waals surface area (Å²) in [5.74, 6) is -0.0259. The summed E-state index contributed by atoms with van der Waals surface area (Å²) in [7, 11) is 5.17. The molecule has 1 fully saturated rings. The van der Waals surface area contributed by atoms with Crippen molar-refractivity contribution in [2.24, 2.45) is 7.05 Å². The van der Waals surface area contributed by atoms with E-state index in [1.54, 1.807) is 25.2 Å². The maximum absolute atomic E-state index is 12.3. The SMILES string of the molecule is Cc1cc(C(=O)N(C)C)cnc1C1=CCN(Cc2cc3c(B4OC(C)(C)C(C)(C)O4)ccnc3n2C)CC1. The zero-order valence-corrected chi connectivity index (χ0v) is 23.8. The molecule has 1 amide bonds. The van der Waals surface area contributed by atoms with E-state index < -0.39 is 18.3 Å². The standard InChI is InChI=1S/C29H38BN5O3/c1-19-15-21(27(36)33(6)7)17-32-25(19)20-10-13-35(14-11-20)18-22-16-23-24(9-12-31-26(23)34(22)8)30-37-28(2,3)29(4,5)38-30/h9-10,12,15-17H,11,13-14,18H2,1-8H3. The molecular formula is C29H38BN5O3. The van der Waals surface area contributed by atoms with Crippen LogP contribution < -0.4 is 5.46 Å². The first-order chi connectivity index (χ1) is 17.9. The van der Waals surface area contributed by atoms with E-state index in [2.05, 4.69) is 66.3 Å². The van der Waals surface area contributed by atoms with E-state index in [9.17, 15) is 4.79 Å². The Morgan fingerprint density at radius 2 is 1.84 bits per heavy atom. The number of fused-ring (bicyclic) bond motifs is 1. The minimum atomic E-state index is -0.420. The monoisotopic (exact) mass is 515 g/mol. The second-order valence-corrected chi connectivity index (χ2v) is 11.7. The molecule has 200 valence electrons. The van der Waals surface area contributed by atoms with Crippen molar-refractivity contribution in [2.75, 3.05) is 27.2 Å². The van der Waals surface area contributed by atoms with Gasteiger partial charge in [-0.25, -0.2) is 4.98 Å². The van der Waals surface area contributed by atoms with Crippen LogP contribution in [0.5, 0.6) is 0 Å². The predicted octanol–water partition coefficient (Wildman–Crippen LogP) is 3.57. The highest BCUT2D eigenvalue weighted by Crippen LogP contribution is 2.37. The Bertz CT molecular complexity index is 1410. The number of pyridine rings is 2. The summed E-state index contributed by atoms with van der Waals surface area (Å²) in [6.45, 7) is 12.9.